The third-order valence-electron chi connectivity index (χ3n) is 4.64. The molecule has 0 bridgehead atoms. The van der Waals surface area contributed by atoms with Crippen LogP contribution in [0.3, 0.4) is 0 Å². The van der Waals surface area contributed by atoms with Gasteiger partial charge in [-0.3, -0.25) is 4.79 Å². The summed E-state index contributed by atoms with van der Waals surface area (Å²) in [6.07, 6.45) is 14.7. The molecular formula is C22H32O4. The van der Waals surface area contributed by atoms with Crippen molar-refractivity contribution >= 4 is 11.8 Å². The minimum absolute atomic E-state index is 0.0917. The van der Waals surface area contributed by atoms with Crippen LogP contribution in [0.2, 0.25) is 0 Å². The van der Waals surface area contributed by atoms with Crippen molar-refractivity contribution in [2.45, 2.75) is 65.6 Å². The molecule has 0 spiro atoms. The second kappa shape index (κ2) is 10.3. The van der Waals surface area contributed by atoms with E-state index in [0.717, 1.165) is 12.8 Å². The van der Waals surface area contributed by atoms with E-state index < -0.39 is 23.5 Å². The predicted molar refractivity (Wildman–Crippen MR) is 105 cm³/mol. The molecule has 0 amide bonds. The molecule has 0 aromatic rings. The Hall–Kier alpha value is -1.94. The largest absolute Gasteiger partial charge is 0.450 e. The van der Waals surface area contributed by atoms with Crippen molar-refractivity contribution < 1.29 is 19.4 Å². The number of rotatable bonds is 9. The van der Waals surface area contributed by atoms with Crippen LogP contribution in [-0.2, 0) is 14.3 Å². The van der Waals surface area contributed by atoms with Crippen LogP contribution in [0, 0.1) is 11.8 Å². The summed E-state index contributed by atoms with van der Waals surface area (Å²) < 4.78 is 4.99. The summed E-state index contributed by atoms with van der Waals surface area (Å²) in [4.78, 5) is 22.5. The molecule has 26 heavy (non-hydrogen) atoms. The van der Waals surface area contributed by atoms with Crippen molar-refractivity contribution in [1.82, 2.24) is 0 Å². The van der Waals surface area contributed by atoms with Gasteiger partial charge in [-0.1, -0.05) is 75.3 Å². The molecule has 0 radical (unpaired) electrons. The fourth-order valence-electron chi connectivity index (χ4n) is 2.68. The minimum atomic E-state index is -1.16. The highest BCUT2D eigenvalue weighted by Crippen LogP contribution is 2.28. The molecule has 4 heteroatoms. The second-order valence-corrected chi connectivity index (χ2v) is 7.48. The van der Waals surface area contributed by atoms with Gasteiger partial charge in [0.05, 0.1) is 6.42 Å². The Labute approximate surface area is 157 Å². The summed E-state index contributed by atoms with van der Waals surface area (Å²) in [6, 6.07) is 0. The molecular weight excluding hydrogens is 328 g/mol. The van der Waals surface area contributed by atoms with E-state index in [4.69, 9.17) is 4.74 Å². The van der Waals surface area contributed by atoms with E-state index in [-0.39, 0.29) is 6.42 Å². The van der Waals surface area contributed by atoms with Gasteiger partial charge in [-0.05, 0) is 32.1 Å². The number of esters is 1. The van der Waals surface area contributed by atoms with Gasteiger partial charge in [0, 0.05) is 0 Å². The van der Waals surface area contributed by atoms with E-state index in [0.29, 0.717) is 11.8 Å². The van der Waals surface area contributed by atoms with E-state index in [1.54, 1.807) is 19.1 Å². The van der Waals surface area contributed by atoms with Crippen LogP contribution >= 0.6 is 0 Å². The fourth-order valence-corrected chi connectivity index (χ4v) is 2.68. The van der Waals surface area contributed by atoms with E-state index in [1.165, 1.54) is 5.57 Å². The number of carbonyl (C=O) groups is 2. The summed E-state index contributed by atoms with van der Waals surface area (Å²) in [5.74, 6) is -0.488. The first-order chi connectivity index (χ1) is 12.2. The van der Waals surface area contributed by atoms with Crippen molar-refractivity contribution in [1.29, 1.82) is 0 Å². The second-order valence-electron chi connectivity index (χ2n) is 7.48. The Morgan fingerprint density at radius 3 is 2.35 bits per heavy atom. The molecule has 1 saturated heterocycles. The molecule has 1 aliphatic heterocycles. The molecule has 4 nitrogen and oxygen atoms in total. The predicted octanol–water partition coefficient (Wildman–Crippen LogP) is 4.31. The van der Waals surface area contributed by atoms with Gasteiger partial charge in [-0.15, -0.1) is 0 Å². The van der Waals surface area contributed by atoms with Gasteiger partial charge in [0.2, 0.25) is 5.78 Å². The number of hydrogen-bond donors (Lipinski definition) is 1. The van der Waals surface area contributed by atoms with Crippen LogP contribution in [0.5, 0.6) is 0 Å². The van der Waals surface area contributed by atoms with Gasteiger partial charge in [-0.2, -0.15) is 0 Å². The smallest absolute Gasteiger partial charge is 0.375 e. The molecule has 4 atom stereocenters. The first-order valence-corrected chi connectivity index (χ1v) is 9.31. The summed E-state index contributed by atoms with van der Waals surface area (Å²) >= 11 is 0. The molecule has 4 unspecified atom stereocenters. The zero-order chi connectivity index (χ0) is 19.7. The zero-order valence-electron chi connectivity index (χ0n) is 16.6. The quantitative estimate of drug-likeness (QED) is 0.378. The Morgan fingerprint density at radius 1 is 1.15 bits per heavy atom. The maximum atomic E-state index is 11.3. The number of Topliss-reactive ketones (excluding diaryl/α,β-unsaturated/α-hetero) is 1. The van der Waals surface area contributed by atoms with Gasteiger partial charge >= 0.3 is 5.97 Å². The number of allylic oxidation sites excluding steroid dienone is 7. The monoisotopic (exact) mass is 360 g/mol. The first-order valence-electron chi connectivity index (χ1n) is 9.31. The first kappa shape index (κ1) is 22.1. The number of aliphatic hydroxyl groups excluding tert-OH is 1. The van der Waals surface area contributed by atoms with Gasteiger partial charge in [0.15, 0.2) is 0 Å². The average molecular weight is 360 g/mol. The van der Waals surface area contributed by atoms with E-state index in [1.807, 2.05) is 6.08 Å². The minimum Gasteiger partial charge on any atom is -0.450 e. The van der Waals surface area contributed by atoms with Crippen molar-refractivity contribution in [3.8, 4) is 0 Å². The summed E-state index contributed by atoms with van der Waals surface area (Å²) in [5.41, 5.74) is 0.153. The number of aliphatic hydroxyl groups is 1. The molecule has 1 rings (SSSR count). The highest BCUT2D eigenvalue weighted by Gasteiger charge is 2.46. The third kappa shape index (κ3) is 7.12. The fraction of sp³-hybridized carbons (Fsp3) is 0.545. The Morgan fingerprint density at radius 2 is 1.77 bits per heavy atom. The summed E-state index contributed by atoms with van der Waals surface area (Å²) in [5, 5.41) is 10.1. The van der Waals surface area contributed by atoms with E-state index >= 15 is 0 Å². The van der Waals surface area contributed by atoms with Crippen molar-refractivity contribution in [3.05, 3.63) is 48.1 Å². The van der Waals surface area contributed by atoms with Crippen molar-refractivity contribution in [3.63, 3.8) is 0 Å². The number of cyclic esters (lactones) is 1. The van der Waals surface area contributed by atoms with Crippen LogP contribution in [0.15, 0.2) is 48.1 Å². The highest BCUT2D eigenvalue weighted by atomic mass is 16.6. The molecule has 1 fully saturated rings. The molecule has 0 aromatic heterocycles. The number of ether oxygens (including phenoxy) is 1. The highest BCUT2D eigenvalue weighted by molar-refractivity contribution is 6.35. The third-order valence-corrected chi connectivity index (χ3v) is 4.64. The molecule has 0 saturated carbocycles. The zero-order valence-corrected chi connectivity index (χ0v) is 16.6. The lowest BCUT2D eigenvalue weighted by Gasteiger charge is -2.25. The van der Waals surface area contributed by atoms with E-state index in [9.17, 15) is 14.7 Å². The standard InChI is InChI=1S/C22H32O4/c1-6-16(2)11-9-12-18(4)14-17(3)10-7-8-13-20(24)22(5)15-19(23)21(25)26-22/h7-13,16-17,20,24H,6,14-15H2,1-5H3/b10-7+,11-9+,13-8+,18-12+. The number of ketones is 1. The van der Waals surface area contributed by atoms with Gasteiger partial charge in [0.25, 0.3) is 0 Å². The Kier molecular flexibility index (Phi) is 8.73. The molecule has 144 valence electrons. The number of carbonyl (C=O) groups excluding carboxylic acids is 2. The van der Waals surface area contributed by atoms with Crippen LogP contribution in [0.25, 0.3) is 0 Å². The normalized spacial score (nSPS) is 25.4. The lowest BCUT2D eigenvalue weighted by molar-refractivity contribution is -0.156. The van der Waals surface area contributed by atoms with Gasteiger partial charge in [-0.25, -0.2) is 4.79 Å². The van der Waals surface area contributed by atoms with Crippen LogP contribution in [0.4, 0.5) is 0 Å². The van der Waals surface area contributed by atoms with Gasteiger partial charge < -0.3 is 9.84 Å². The van der Waals surface area contributed by atoms with Crippen LogP contribution < -0.4 is 0 Å². The molecule has 1 heterocycles. The molecule has 1 aliphatic rings. The summed E-state index contributed by atoms with van der Waals surface area (Å²) in [6.45, 7) is 10.2. The summed E-state index contributed by atoms with van der Waals surface area (Å²) in [7, 11) is 0. The maximum Gasteiger partial charge on any atom is 0.375 e. The topological polar surface area (TPSA) is 63.6 Å². The Balaban J connectivity index is 2.48. The van der Waals surface area contributed by atoms with E-state index in [2.05, 4.69) is 52.0 Å². The number of hydrogen-bond acceptors (Lipinski definition) is 4. The average Bonchev–Trinajstić information content (AvgIpc) is 2.84. The molecule has 0 aliphatic carbocycles. The van der Waals surface area contributed by atoms with Gasteiger partial charge in [0.1, 0.15) is 11.7 Å². The molecule has 0 aromatic carbocycles. The van der Waals surface area contributed by atoms with Crippen LogP contribution in [-0.4, -0.2) is 28.6 Å². The Bertz CT molecular complexity index is 594. The SMILES string of the molecule is CCC(C)/C=C/C=C(\C)CC(C)/C=C/C=C/C(O)C1(C)CC(=O)C(=O)O1. The molecule has 1 N–H and O–H groups in total. The lowest BCUT2D eigenvalue weighted by Crippen LogP contribution is -2.37. The van der Waals surface area contributed by atoms with Crippen molar-refractivity contribution in [2.75, 3.05) is 0 Å². The van der Waals surface area contributed by atoms with Crippen LogP contribution in [0.1, 0.15) is 53.9 Å². The lowest BCUT2D eigenvalue weighted by atomic mass is 9.94. The maximum absolute atomic E-state index is 11.3. The van der Waals surface area contributed by atoms with Crippen molar-refractivity contribution in [2.24, 2.45) is 11.8 Å².